The highest BCUT2D eigenvalue weighted by molar-refractivity contribution is 5.86. The van der Waals surface area contributed by atoms with Gasteiger partial charge in [-0.2, -0.15) is 57.1 Å². The fraction of sp³-hybridized carbons (Fsp3) is 0.727. The Morgan fingerprint density at radius 1 is 0.731 bits per heavy atom. The fourth-order valence-electron chi connectivity index (χ4n) is 1.46. The predicted octanol–water partition coefficient (Wildman–Crippen LogP) is 5.00. The van der Waals surface area contributed by atoms with Crippen LogP contribution in [0.1, 0.15) is 6.92 Å². The molecule has 0 saturated carbocycles. The van der Waals surface area contributed by atoms with Crippen molar-refractivity contribution in [3.63, 3.8) is 0 Å². The van der Waals surface area contributed by atoms with Gasteiger partial charge in [-0.25, -0.2) is 4.79 Å². The summed E-state index contributed by atoms with van der Waals surface area (Å²) in [4.78, 5) is 10.4. The minimum Gasteiger partial charge on any atom is -0.478 e. The van der Waals surface area contributed by atoms with Gasteiger partial charge >= 0.3 is 41.8 Å². The van der Waals surface area contributed by atoms with E-state index in [1.165, 1.54) is 0 Å². The van der Waals surface area contributed by atoms with Gasteiger partial charge in [0.15, 0.2) is 0 Å². The zero-order valence-corrected chi connectivity index (χ0v) is 12.1. The number of halogens is 13. The summed E-state index contributed by atoms with van der Waals surface area (Å²) in [6.07, 6.45) is -7.50. The number of rotatable bonds is 7. The maximum Gasteiger partial charge on any atom is 0.460 e. The molecule has 0 saturated heterocycles. The molecule has 154 valence electrons. The van der Waals surface area contributed by atoms with Gasteiger partial charge in [-0.15, -0.1) is 0 Å². The summed E-state index contributed by atoms with van der Waals surface area (Å²) in [5, 5.41) is 8.30. The van der Waals surface area contributed by atoms with E-state index in [2.05, 4.69) is 6.58 Å². The zero-order valence-electron chi connectivity index (χ0n) is 12.1. The van der Waals surface area contributed by atoms with E-state index in [0.29, 0.717) is 0 Å². The number of carboxylic acids is 1. The topological polar surface area (TPSA) is 37.3 Å². The van der Waals surface area contributed by atoms with Crippen LogP contribution in [-0.2, 0) is 4.79 Å². The molecule has 0 bridgehead atoms. The molecule has 0 radical (unpaired) electrons. The molecule has 0 heterocycles. The second kappa shape index (κ2) is 6.18. The lowest BCUT2D eigenvalue weighted by Crippen LogP contribution is -2.71. The normalized spacial score (nSPS) is 16.4. The zero-order chi connectivity index (χ0) is 21.7. The first-order valence-electron chi connectivity index (χ1n) is 5.89. The molecule has 0 rings (SSSR count). The van der Waals surface area contributed by atoms with E-state index in [1.807, 2.05) is 0 Å². The number of hydrogen-bond acceptors (Lipinski definition) is 1. The van der Waals surface area contributed by atoms with Crippen LogP contribution < -0.4 is 0 Å². The Bertz CT molecular complexity index is 575. The van der Waals surface area contributed by atoms with Crippen molar-refractivity contribution in [2.45, 2.75) is 42.7 Å². The number of alkyl halides is 13. The van der Waals surface area contributed by atoms with Gasteiger partial charge in [0, 0.05) is 5.57 Å². The lowest BCUT2D eigenvalue weighted by Gasteiger charge is -2.41. The van der Waals surface area contributed by atoms with Crippen LogP contribution in [0.3, 0.4) is 0 Å². The summed E-state index contributed by atoms with van der Waals surface area (Å²) in [6, 6.07) is 0. The SMILES string of the molecule is C=C(C(=O)O)C(C)C(F)(F)C(F)(F)C(F)(F)C(F)(F)C(F)(F)C(F)(F)F. The van der Waals surface area contributed by atoms with Crippen molar-refractivity contribution >= 4 is 5.97 Å². The van der Waals surface area contributed by atoms with Crippen LogP contribution in [0.2, 0.25) is 0 Å². The first-order chi connectivity index (χ1) is 11.0. The molecular formula is C11H7F13O2. The number of carbonyl (C=O) groups is 1. The monoisotopic (exact) mass is 418 g/mol. The highest BCUT2D eigenvalue weighted by atomic mass is 19.4. The van der Waals surface area contributed by atoms with E-state index in [4.69, 9.17) is 5.11 Å². The summed E-state index contributed by atoms with van der Waals surface area (Å²) in [7, 11) is 0. The van der Waals surface area contributed by atoms with Crippen molar-refractivity contribution in [2.24, 2.45) is 5.92 Å². The maximum atomic E-state index is 13.5. The summed E-state index contributed by atoms with van der Waals surface area (Å²) < 4.78 is 167. The Labute approximate surface area is 135 Å². The molecule has 0 aromatic carbocycles. The molecule has 0 aliphatic carbocycles. The van der Waals surface area contributed by atoms with Crippen LogP contribution in [0.25, 0.3) is 0 Å². The van der Waals surface area contributed by atoms with Crippen molar-refractivity contribution in [3.8, 4) is 0 Å². The minimum absolute atomic E-state index is 0.208. The molecule has 15 heteroatoms. The molecular weight excluding hydrogens is 411 g/mol. The highest BCUT2D eigenvalue weighted by Gasteiger charge is 2.91. The Hall–Kier alpha value is -1.70. The van der Waals surface area contributed by atoms with Gasteiger partial charge < -0.3 is 5.11 Å². The summed E-state index contributed by atoms with van der Waals surface area (Å²) in [5.41, 5.74) is -1.92. The van der Waals surface area contributed by atoms with Gasteiger partial charge in [-0.05, 0) is 0 Å². The van der Waals surface area contributed by atoms with E-state index in [-0.39, 0.29) is 6.92 Å². The fourth-order valence-corrected chi connectivity index (χ4v) is 1.46. The van der Waals surface area contributed by atoms with Crippen LogP contribution in [-0.4, -0.2) is 46.9 Å². The van der Waals surface area contributed by atoms with Gasteiger partial charge in [0.2, 0.25) is 0 Å². The summed E-state index contributed by atoms with van der Waals surface area (Å²) >= 11 is 0. The molecule has 1 atom stereocenters. The summed E-state index contributed by atoms with van der Waals surface area (Å²) in [6.45, 7) is 2.08. The average molecular weight is 418 g/mol. The number of aliphatic carboxylic acids is 1. The van der Waals surface area contributed by atoms with E-state index in [1.54, 1.807) is 0 Å². The second-order valence-corrected chi connectivity index (χ2v) is 4.97. The maximum absolute atomic E-state index is 13.5. The number of carboxylic acid groups (broad SMARTS) is 1. The molecule has 0 aliphatic heterocycles. The quantitative estimate of drug-likeness (QED) is 0.467. The smallest absolute Gasteiger partial charge is 0.460 e. The standard InChI is InChI=1S/C11H7F13O2/c1-3(5(25)26)4(2)6(12,13)7(14,15)8(16,17)9(18,19)10(20,21)11(22,23)24/h4H,1H2,2H3,(H,25,26). The van der Waals surface area contributed by atoms with E-state index in [0.717, 1.165) is 0 Å². The van der Waals surface area contributed by atoms with Crippen molar-refractivity contribution in [1.82, 2.24) is 0 Å². The highest BCUT2D eigenvalue weighted by Crippen LogP contribution is 2.61. The van der Waals surface area contributed by atoms with Crippen LogP contribution in [0.4, 0.5) is 57.1 Å². The minimum atomic E-state index is -8.02. The van der Waals surface area contributed by atoms with Crippen molar-refractivity contribution in [1.29, 1.82) is 0 Å². The van der Waals surface area contributed by atoms with E-state index in [9.17, 15) is 61.9 Å². The third kappa shape index (κ3) is 3.08. The molecule has 0 spiro atoms. The van der Waals surface area contributed by atoms with E-state index >= 15 is 0 Å². The summed E-state index contributed by atoms with van der Waals surface area (Å²) in [5.74, 6) is -43.8. The molecule has 1 unspecified atom stereocenters. The van der Waals surface area contributed by atoms with Gasteiger partial charge in [-0.1, -0.05) is 13.5 Å². The third-order valence-electron chi connectivity index (χ3n) is 3.30. The van der Waals surface area contributed by atoms with E-state index < -0.39 is 53.2 Å². The van der Waals surface area contributed by atoms with Crippen LogP contribution in [0.5, 0.6) is 0 Å². The molecule has 0 amide bonds. The Morgan fingerprint density at radius 3 is 1.31 bits per heavy atom. The first kappa shape index (κ1) is 24.3. The van der Waals surface area contributed by atoms with Gasteiger partial charge in [-0.3, -0.25) is 0 Å². The van der Waals surface area contributed by atoms with Crippen LogP contribution in [0.15, 0.2) is 12.2 Å². The van der Waals surface area contributed by atoms with Crippen molar-refractivity contribution in [2.75, 3.05) is 0 Å². The Balaban J connectivity index is 6.41. The molecule has 0 aromatic heterocycles. The third-order valence-corrected chi connectivity index (χ3v) is 3.30. The van der Waals surface area contributed by atoms with Crippen LogP contribution in [0, 0.1) is 5.92 Å². The van der Waals surface area contributed by atoms with Crippen molar-refractivity contribution in [3.05, 3.63) is 12.2 Å². The molecule has 0 aliphatic rings. The number of hydrogen-bond donors (Lipinski definition) is 1. The Kier molecular flexibility index (Phi) is 5.78. The molecule has 0 fully saturated rings. The van der Waals surface area contributed by atoms with Gasteiger partial charge in [0.05, 0.1) is 5.92 Å². The molecule has 26 heavy (non-hydrogen) atoms. The lowest BCUT2D eigenvalue weighted by atomic mass is 9.85. The van der Waals surface area contributed by atoms with Crippen molar-refractivity contribution < 1.29 is 67.0 Å². The van der Waals surface area contributed by atoms with Crippen LogP contribution >= 0.6 is 0 Å². The molecule has 2 nitrogen and oxygen atoms in total. The largest absolute Gasteiger partial charge is 0.478 e. The first-order valence-corrected chi connectivity index (χ1v) is 5.89. The lowest BCUT2D eigenvalue weighted by molar-refractivity contribution is -0.442. The Morgan fingerprint density at radius 2 is 1.04 bits per heavy atom. The predicted molar refractivity (Wildman–Crippen MR) is 56.7 cm³/mol. The average Bonchev–Trinajstić information content (AvgIpc) is 2.43. The second-order valence-electron chi connectivity index (χ2n) is 4.97. The van der Waals surface area contributed by atoms with Gasteiger partial charge in [0.1, 0.15) is 0 Å². The molecule has 0 aromatic rings. The molecule has 1 N–H and O–H groups in total. The van der Waals surface area contributed by atoms with Gasteiger partial charge in [0.25, 0.3) is 0 Å².